The second-order valence-corrected chi connectivity index (χ2v) is 3.97. The fraction of sp³-hybridized carbons (Fsp3) is 0.750. The lowest BCUT2D eigenvalue weighted by Crippen LogP contribution is -3.00. The van der Waals surface area contributed by atoms with Crippen LogP contribution in [0.1, 0.15) is 45.4 Å². The van der Waals surface area contributed by atoms with Crippen molar-refractivity contribution < 1.29 is 12.4 Å². The average molecular weight is 230 g/mol. The molecule has 0 fully saturated rings. The fourth-order valence-electron chi connectivity index (χ4n) is 1.64. The molecule has 1 radical (unpaired) electrons. The standard InChI is InChI=1S/C12H22N2.ClH/c1-3-4-5-6-7-8-9-14-11-10-13(2)12-14;/h10-11H,3-9H2,1-2H3;1H/q+1;/p-1. The Morgan fingerprint density at radius 3 is 2.27 bits per heavy atom. The fourth-order valence-corrected chi connectivity index (χ4v) is 1.64. The highest BCUT2D eigenvalue weighted by Crippen LogP contribution is 2.11. The SMILES string of the molecule is CCCCCCCCN1[C+]N(C)C=C1.[Cl-]. The summed E-state index contributed by atoms with van der Waals surface area (Å²) in [5.74, 6) is 0. The van der Waals surface area contributed by atoms with Crippen LogP contribution in [0.15, 0.2) is 12.4 Å². The zero-order chi connectivity index (χ0) is 10.2. The molecule has 0 aromatic carbocycles. The Morgan fingerprint density at radius 1 is 1.00 bits per heavy atom. The largest absolute Gasteiger partial charge is 1.00 e. The molecule has 0 aromatic rings. The molecule has 0 unspecified atom stereocenters. The van der Waals surface area contributed by atoms with Crippen LogP contribution in [0.3, 0.4) is 0 Å². The van der Waals surface area contributed by atoms with Crippen LogP contribution in [0, 0.1) is 6.67 Å². The third-order valence-corrected chi connectivity index (χ3v) is 2.51. The first-order chi connectivity index (χ1) is 6.83. The molecule has 0 aliphatic carbocycles. The summed E-state index contributed by atoms with van der Waals surface area (Å²) >= 11 is 0. The van der Waals surface area contributed by atoms with Crippen molar-refractivity contribution >= 4 is 0 Å². The van der Waals surface area contributed by atoms with Crippen LogP contribution in [0.5, 0.6) is 0 Å². The third kappa shape index (κ3) is 6.56. The molecule has 0 N–H and O–H groups in total. The van der Waals surface area contributed by atoms with Gasteiger partial charge in [-0.15, -0.1) is 9.80 Å². The van der Waals surface area contributed by atoms with Crippen LogP contribution in [0.2, 0.25) is 0 Å². The van der Waals surface area contributed by atoms with Gasteiger partial charge < -0.3 is 12.4 Å². The van der Waals surface area contributed by atoms with E-state index in [0.29, 0.717) is 0 Å². The predicted octanol–water partition coefficient (Wildman–Crippen LogP) is 0.0658. The smallest absolute Gasteiger partial charge is 0.564 e. The molecule has 1 aliphatic rings. The van der Waals surface area contributed by atoms with Gasteiger partial charge in [0, 0.05) is 0 Å². The Morgan fingerprint density at radius 2 is 1.67 bits per heavy atom. The Kier molecular flexibility index (Phi) is 8.49. The normalized spacial score (nSPS) is 14.0. The molecule has 0 atom stereocenters. The highest BCUT2D eigenvalue weighted by atomic mass is 35.5. The average Bonchev–Trinajstić information content (AvgIpc) is 2.58. The van der Waals surface area contributed by atoms with Crippen molar-refractivity contribution in [3.63, 3.8) is 0 Å². The summed E-state index contributed by atoms with van der Waals surface area (Å²) < 4.78 is 0. The summed E-state index contributed by atoms with van der Waals surface area (Å²) in [6.45, 7) is 6.59. The van der Waals surface area contributed by atoms with Crippen LogP contribution < -0.4 is 12.4 Å². The highest BCUT2D eigenvalue weighted by Gasteiger charge is 2.26. The van der Waals surface area contributed by atoms with Crippen molar-refractivity contribution in [2.24, 2.45) is 0 Å². The van der Waals surface area contributed by atoms with Crippen molar-refractivity contribution in [1.29, 1.82) is 0 Å². The number of rotatable bonds is 7. The van der Waals surface area contributed by atoms with Gasteiger partial charge in [-0.25, -0.2) is 0 Å². The second-order valence-electron chi connectivity index (χ2n) is 3.97. The van der Waals surface area contributed by atoms with Crippen molar-refractivity contribution in [2.45, 2.75) is 45.4 Å². The minimum absolute atomic E-state index is 0. The summed E-state index contributed by atoms with van der Waals surface area (Å²) in [7, 11) is 2.01. The van der Waals surface area contributed by atoms with Crippen LogP contribution in [-0.2, 0) is 0 Å². The summed E-state index contributed by atoms with van der Waals surface area (Å²) in [4.78, 5) is 4.11. The molecule has 3 heteroatoms. The first kappa shape index (κ1) is 14.5. The van der Waals surface area contributed by atoms with Crippen molar-refractivity contribution in [3.05, 3.63) is 19.1 Å². The zero-order valence-electron chi connectivity index (χ0n) is 9.88. The molecule has 0 spiro atoms. The second kappa shape index (κ2) is 8.78. The first-order valence-electron chi connectivity index (χ1n) is 5.77. The van der Waals surface area contributed by atoms with Gasteiger partial charge in [-0.05, 0) is 6.42 Å². The summed E-state index contributed by atoms with van der Waals surface area (Å²) in [5.41, 5.74) is 0. The Hall–Kier alpha value is -0.500. The number of hydrogen-bond donors (Lipinski definition) is 0. The maximum Gasteiger partial charge on any atom is 0.564 e. The van der Waals surface area contributed by atoms with E-state index >= 15 is 0 Å². The molecule has 0 aromatic heterocycles. The molecule has 87 valence electrons. The topological polar surface area (TPSA) is 6.48 Å². The molecule has 0 amide bonds. The minimum Gasteiger partial charge on any atom is -1.00 e. The Labute approximate surface area is 101 Å². The third-order valence-electron chi connectivity index (χ3n) is 2.51. The van der Waals surface area contributed by atoms with E-state index in [-0.39, 0.29) is 12.4 Å². The van der Waals surface area contributed by atoms with Crippen molar-refractivity contribution in [1.82, 2.24) is 9.80 Å². The van der Waals surface area contributed by atoms with Crippen LogP contribution in [0.25, 0.3) is 0 Å². The lowest BCUT2D eigenvalue weighted by molar-refractivity contribution is -0.00000309. The van der Waals surface area contributed by atoms with E-state index in [2.05, 4.69) is 24.7 Å². The zero-order valence-corrected chi connectivity index (χ0v) is 10.6. The highest BCUT2D eigenvalue weighted by molar-refractivity contribution is 4.94. The lowest BCUT2D eigenvalue weighted by atomic mass is 10.1. The van der Waals surface area contributed by atoms with Gasteiger partial charge in [-0.1, -0.05) is 39.0 Å². The van der Waals surface area contributed by atoms with Gasteiger partial charge in [-0.2, -0.15) is 0 Å². The molecule has 0 bridgehead atoms. The maximum absolute atomic E-state index is 3.21. The van der Waals surface area contributed by atoms with Gasteiger partial charge >= 0.3 is 6.67 Å². The van der Waals surface area contributed by atoms with E-state index in [4.69, 9.17) is 0 Å². The molecule has 1 aliphatic heterocycles. The molecule has 15 heavy (non-hydrogen) atoms. The first-order valence-corrected chi connectivity index (χ1v) is 5.77. The lowest BCUT2D eigenvalue weighted by Gasteiger charge is -2.02. The monoisotopic (exact) mass is 229 g/mol. The van der Waals surface area contributed by atoms with E-state index in [1.165, 1.54) is 38.5 Å². The van der Waals surface area contributed by atoms with Crippen LogP contribution in [-0.4, -0.2) is 23.4 Å². The minimum atomic E-state index is 0. The van der Waals surface area contributed by atoms with E-state index in [0.717, 1.165) is 6.54 Å². The number of hydrogen-bond acceptors (Lipinski definition) is 2. The van der Waals surface area contributed by atoms with Gasteiger partial charge in [0.1, 0.15) is 0 Å². The number of unbranched alkanes of at least 4 members (excludes halogenated alkanes) is 5. The van der Waals surface area contributed by atoms with Gasteiger partial charge in [0.2, 0.25) is 0 Å². The van der Waals surface area contributed by atoms with E-state index in [1.807, 2.05) is 18.1 Å². The quantitative estimate of drug-likeness (QED) is 0.450. The predicted molar refractivity (Wildman–Crippen MR) is 60.2 cm³/mol. The number of nitrogens with zero attached hydrogens (tertiary/aromatic N) is 2. The molecular formula is C12H22ClN2. The van der Waals surface area contributed by atoms with Gasteiger partial charge in [0.25, 0.3) is 0 Å². The van der Waals surface area contributed by atoms with E-state index in [9.17, 15) is 0 Å². The molecule has 1 heterocycles. The summed E-state index contributed by atoms with van der Waals surface area (Å²) in [6.07, 6.45) is 12.3. The van der Waals surface area contributed by atoms with Crippen molar-refractivity contribution in [3.8, 4) is 0 Å². The van der Waals surface area contributed by atoms with Gasteiger partial charge in [-0.3, -0.25) is 0 Å². The molecule has 0 saturated heterocycles. The van der Waals surface area contributed by atoms with Gasteiger partial charge in [0.05, 0.1) is 26.0 Å². The Balaban J connectivity index is 0.00000196. The summed E-state index contributed by atoms with van der Waals surface area (Å²) in [6, 6.07) is 0. The summed E-state index contributed by atoms with van der Waals surface area (Å²) in [5, 5.41) is 0. The molecule has 1 rings (SSSR count). The molecule has 0 saturated carbocycles. The van der Waals surface area contributed by atoms with Crippen molar-refractivity contribution in [2.75, 3.05) is 13.6 Å². The molecular weight excluding hydrogens is 208 g/mol. The molecule has 2 nitrogen and oxygen atoms in total. The van der Waals surface area contributed by atoms with E-state index in [1.54, 1.807) is 0 Å². The van der Waals surface area contributed by atoms with Gasteiger partial charge in [0.15, 0.2) is 0 Å². The Bertz CT molecular complexity index is 171. The number of halogens is 1. The van der Waals surface area contributed by atoms with Crippen LogP contribution >= 0.6 is 0 Å². The van der Waals surface area contributed by atoms with E-state index < -0.39 is 0 Å². The maximum atomic E-state index is 3.21. The van der Waals surface area contributed by atoms with Crippen LogP contribution in [0.4, 0.5) is 0 Å².